The summed E-state index contributed by atoms with van der Waals surface area (Å²) in [5, 5.41) is 21.4. The first kappa shape index (κ1) is 15.3. The quantitative estimate of drug-likeness (QED) is 0.325. The minimum atomic E-state index is -0.757. The number of aromatic nitrogens is 1. The summed E-state index contributed by atoms with van der Waals surface area (Å²) < 4.78 is 4.93. The van der Waals surface area contributed by atoms with Crippen molar-refractivity contribution in [2.75, 3.05) is 26.4 Å². The summed E-state index contributed by atoms with van der Waals surface area (Å²) in [5.74, 6) is -0.636. The molecule has 0 saturated carbocycles. The van der Waals surface area contributed by atoms with E-state index in [2.05, 4.69) is 10.3 Å². The molecular weight excluding hydrogens is 278 g/mol. The molecule has 0 fully saturated rings. The monoisotopic (exact) mass is 289 g/mol. The molecule has 1 aromatic rings. The van der Waals surface area contributed by atoms with Crippen molar-refractivity contribution in [2.45, 2.75) is 0 Å². The average molecular weight is 290 g/mol. The van der Waals surface area contributed by atoms with E-state index in [4.69, 9.17) is 21.4 Å². The van der Waals surface area contributed by atoms with E-state index < -0.39 is 16.5 Å². The van der Waals surface area contributed by atoms with Crippen LogP contribution in [0, 0.1) is 10.1 Å². The zero-order chi connectivity index (χ0) is 14.3. The van der Waals surface area contributed by atoms with Crippen LogP contribution in [0.15, 0.2) is 12.3 Å². The van der Waals surface area contributed by atoms with Gasteiger partial charge in [-0.05, 0) is 6.07 Å². The van der Waals surface area contributed by atoms with Gasteiger partial charge in [0, 0.05) is 12.7 Å². The lowest BCUT2D eigenvalue weighted by molar-refractivity contribution is -0.385. The first-order chi connectivity index (χ1) is 9.07. The molecule has 0 aliphatic carbocycles. The number of aliphatic hydroxyl groups excluding tert-OH is 1. The van der Waals surface area contributed by atoms with Crippen LogP contribution in [0.2, 0.25) is 5.15 Å². The van der Waals surface area contributed by atoms with Crippen molar-refractivity contribution in [3.05, 3.63) is 33.1 Å². The van der Waals surface area contributed by atoms with Crippen LogP contribution >= 0.6 is 11.6 Å². The SMILES string of the molecule is O=C(NCCOCCO)c1ccnc(Cl)c1[N+](=O)[O-]. The highest BCUT2D eigenvalue weighted by Crippen LogP contribution is 2.25. The number of carbonyl (C=O) groups excluding carboxylic acids is 1. The molecule has 0 radical (unpaired) electrons. The van der Waals surface area contributed by atoms with Gasteiger partial charge in [-0.15, -0.1) is 0 Å². The van der Waals surface area contributed by atoms with Crippen LogP contribution in [-0.4, -0.2) is 47.3 Å². The van der Waals surface area contributed by atoms with Gasteiger partial charge in [-0.1, -0.05) is 11.6 Å². The van der Waals surface area contributed by atoms with Crippen LogP contribution in [0.25, 0.3) is 0 Å². The highest BCUT2D eigenvalue weighted by atomic mass is 35.5. The summed E-state index contributed by atoms with van der Waals surface area (Å²) in [6.45, 7) is 0.408. The predicted molar refractivity (Wildman–Crippen MR) is 66.1 cm³/mol. The standard InChI is InChI=1S/C10H12ClN3O5/c11-9-8(14(17)18)7(1-2-12-9)10(16)13-3-5-19-6-4-15/h1-2,15H,3-6H2,(H,13,16). The fourth-order valence-electron chi connectivity index (χ4n) is 1.28. The third-order valence-electron chi connectivity index (χ3n) is 2.07. The topological polar surface area (TPSA) is 115 Å². The van der Waals surface area contributed by atoms with Gasteiger partial charge in [-0.3, -0.25) is 14.9 Å². The van der Waals surface area contributed by atoms with E-state index in [9.17, 15) is 14.9 Å². The summed E-state index contributed by atoms with van der Waals surface area (Å²) in [4.78, 5) is 25.4. The summed E-state index contributed by atoms with van der Waals surface area (Å²) in [7, 11) is 0. The average Bonchev–Trinajstić information content (AvgIpc) is 2.37. The highest BCUT2D eigenvalue weighted by Gasteiger charge is 2.24. The fraction of sp³-hybridized carbons (Fsp3) is 0.400. The van der Waals surface area contributed by atoms with Crippen molar-refractivity contribution in [3.8, 4) is 0 Å². The second-order valence-electron chi connectivity index (χ2n) is 3.35. The molecule has 104 valence electrons. The number of nitro groups is 1. The maximum absolute atomic E-state index is 11.7. The van der Waals surface area contributed by atoms with Crippen molar-refractivity contribution in [1.82, 2.24) is 10.3 Å². The number of hydrogen-bond acceptors (Lipinski definition) is 6. The van der Waals surface area contributed by atoms with E-state index >= 15 is 0 Å². The van der Waals surface area contributed by atoms with Crippen LogP contribution in [0.5, 0.6) is 0 Å². The molecule has 0 aromatic carbocycles. The number of rotatable bonds is 7. The molecule has 1 heterocycles. The van der Waals surface area contributed by atoms with Gasteiger partial charge in [0.05, 0.1) is 24.7 Å². The van der Waals surface area contributed by atoms with Crippen LogP contribution in [0.1, 0.15) is 10.4 Å². The zero-order valence-corrected chi connectivity index (χ0v) is 10.6. The number of halogens is 1. The molecular formula is C10H12ClN3O5. The first-order valence-corrected chi connectivity index (χ1v) is 5.71. The molecule has 2 N–H and O–H groups in total. The van der Waals surface area contributed by atoms with Gasteiger partial charge in [-0.2, -0.15) is 0 Å². The van der Waals surface area contributed by atoms with E-state index in [-0.39, 0.29) is 37.1 Å². The van der Waals surface area contributed by atoms with E-state index in [1.54, 1.807) is 0 Å². The van der Waals surface area contributed by atoms with E-state index in [1.807, 2.05) is 0 Å². The van der Waals surface area contributed by atoms with Gasteiger partial charge in [0.15, 0.2) is 0 Å². The molecule has 0 aliphatic rings. The van der Waals surface area contributed by atoms with Crippen molar-refractivity contribution >= 4 is 23.2 Å². The molecule has 0 bridgehead atoms. The molecule has 0 unspecified atom stereocenters. The van der Waals surface area contributed by atoms with Gasteiger partial charge in [-0.25, -0.2) is 4.98 Å². The van der Waals surface area contributed by atoms with Gasteiger partial charge in [0.25, 0.3) is 5.91 Å². The molecule has 0 atom stereocenters. The normalized spacial score (nSPS) is 10.2. The maximum Gasteiger partial charge on any atom is 0.319 e. The number of carbonyl (C=O) groups is 1. The minimum Gasteiger partial charge on any atom is -0.394 e. The Morgan fingerprint density at radius 2 is 2.32 bits per heavy atom. The number of nitrogens with one attached hydrogen (secondary N) is 1. The summed E-state index contributed by atoms with van der Waals surface area (Å²) >= 11 is 5.59. The van der Waals surface area contributed by atoms with Crippen molar-refractivity contribution in [3.63, 3.8) is 0 Å². The fourth-order valence-corrected chi connectivity index (χ4v) is 1.51. The van der Waals surface area contributed by atoms with E-state index in [1.165, 1.54) is 12.3 Å². The Hall–Kier alpha value is -1.77. The predicted octanol–water partition coefficient (Wildman–Crippen LogP) is 0.382. The smallest absolute Gasteiger partial charge is 0.319 e. The van der Waals surface area contributed by atoms with Crippen molar-refractivity contribution in [1.29, 1.82) is 0 Å². The van der Waals surface area contributed by atoms with E-state index in [0.29, 0.717) is 0 Å². The molecule has 0 aliphatic heterocycles. The number of ether oxygens (including phenoxy) is 1. The third-order valence-corrected chi connectivity index (χ3v) is 2.35. The Labute approximate surface area is 113 Å². The molecule has 1 aromatic heterocycles. The molecule has 19 heavy (non-hydrogen) atoms. The summed E-state index contributed by atoms with van der Waals surface area (Å²) in [6, 6.07) is 1.22. The molecule has 1 rings (SSSR count). The third kappa shape index (κ3) is 4.43. The molecule has 0 spiro atoms. The Bertz CT molecular complexity index is 468. The lowest BCUT2D eigenvalue weighted by Gasteiger charge is -2.06. The molecule has 0 saturated heterocycles. The molecule has 8 nitrogen and oxygen atoms in total. The van der Waals surface area contributed by atoms with Crippen LogP contribution in [-0.2, 0) is 4.74 Å². The zero-order valence-electron chi connectivity index (χ0n) is 9.84. The lowest BCUT2D eigenvalue weighted by atomic mass is 10.2. The van der Waals surface area contributed by atoms with Gasteiger partial charge >= 0.3 is 5.69 Å². The number of pyridine rings is 1. The lowest BCUT2D eigenvalue weighted by Crippen LogP contribution is -2.28. The summed E-state index contributed by atoms with van der Waals surface area (Å²) in [5.41, 5.74) is -0.690. The van der Waals surface area contributed by atoms with Crippen molar-refractivity contribution < 1.29 is 19.6 Å². The molecule has 9 heteroatoms. The number of hydrogen-bond donors (Lipinski definition) is 2. The van der Waals surface area contributed by atoms with Gasteiger partial charge in [0.2, 0.25) is 5.15 Å². The van der Waals surface area contributed by atoms with Crippen molar-refractivity contribution in [2.24, 2.45) is 0 Å². The number of aliphatic hydroxyl groups is 1. The van der Waals surface area contributed by atoms with Gasteiger partial charge in [0.1, 0.15) is 5.56 Å². The number of nitrogens with zero attached hydrogens (tertiary/aromatic N) is 2. The maximum atomic E-state index is 11.7. The Kier molecular flexibility index (Phi) is 6.13. The molecule has 1 amide bonds. The Balaban J connectivity index is 2.67. The Morgan fingerprint density at radius 1 is 1.58 bits per heavy atom. The first-order valence-electron chi connectivity index (χ1n) is 5.33. The minimum absolute atomic E-state index is 0.112. The van der Waals surface area contributed by atoms with Crippen LogP contribution in [0.4, 0.5) is 5.69 Å². The highest BCUT2D eigenvalue weighted by molar-refractivity contribution is 6.32. The van der Waals surface area contributed by atoms with Crippen LogP contribution < -0.4 is 5.32 Å². The van der Waals surface area contributed by atoms with Gasteiger partial charge < -0.3 is 15.2 Å². The van der Waals surface area contributed by atoms with E-state index in [0.717, 1.165) is 0 Å². The van der Waals surface area contributed by atoms with Crippen LogP contribution in [0.3, 0.4) is 0 Å². The second-order valence-corrected chi connectivity index (χ2v) is 3.70. The Morgan fingerprint density at radius 3 is 2.95 bits per heavy atom. The number of amides is 1. The largest absolute Gasteiger partial charge is 0.394 e. The summed E-state index contributed by atoms with van der Waals surface area (Å²) in [6.07, 6.45) is 1.21. The second kappa shape index (κ2) is 7.62.